The summed E-state index contributed by atoms with van der Waals surface area (Å²) in [5.74, 6) is 4.76. The number of ether oxygens (including phenoxy) is 2. The van der Waals surface area contributed by atoms with Crippen LogP contribution < -0.4 is 29.6 Å². The number of nitrogens with zero attached hydrogens (tertiary/aromatic N) is 6. The highest BCUT2D eigenvalue weighted by atomic mass is 28.4. The Morgan fingerprint density at radius 3 is 2.08 bits per heavy atom. The highest BCUT2D eigenvalue weighted by molar-refractivity contribution is 7.00. The second-order valence-electron chi connectivity index (χ2n) is 24.5. The standard InChI is InChI=1S/C61H79F2N7O3Si2/c1-41(2)74(42(3)4,43(5)6)34-29-50-51(63)28-27-44-35-47(73-75(59(7,8)9,48-23-14-12-15-24-48)49-25-16-13-17-26-49)36-52(53(44)50)72-58-67-56-54(70(58)46-21-18-22-46)55(64-39-60(68(10)11)30-19-31-60)65-57(66-56)71-40-61-32-20-33-69(61)38-45(62)37-61/h12-17,23-28,35-36,41-43,45-46H,18-22,30-33,37-40H2,1-11H3,(H,64,65,66)/t45-,61+/m1/s1. The number of halogens is 2. The van der Waals surface area contributed by atoms with Crippen molar-refractivity contribution in [2.45, 2.75) is 165 Å². The third-order valence-corrected chi connectivity index (χ3v) is 29.4. The maximum atomic E-state index is 17.0. The van der Waals surface area contributed by atoms with Crippen LogP contribution in [0.2, 0.25) is 21.7 Å². The molecule has 0 bridgehead atoms. The smallest absolute Gasteiger partial charge is 0.320 e. The monoisotopic (exact) mass is 1050 g/mol. The van der Waals surface area contributed by atoms with Crippen LogP contribution in [0.15, 0.2) is 84.9 Å². The first kappa shape index (κ1) is 53.1. The molecule has 4 aliphatic rings. The lowest BCUT2D eigenvalue weighted by molar-refractivity contribution is 0.0738. The SMILES string of the molecule is CC(C)[Si](C#Cc1c(F)ccc2cc(O[Si](c3ccccc3)(c3ccccc3)C(C)(C)C)cc(Oc3nc4nc(OC[C@@]56CCCN5C[C@H](F)C6)nc(NCC5(N(C)C)CCC5)c4n3C3CCC3)c12)(C(C)C)C(C)C. The molecule has 10 nitrogen and oxygen atoms in total. The molecule has 4 aromatic carbocycles. The Labute approximate surface area is 446 Å². The van der Waals surface area contributed by atoms with Gasteiger partial charge in [-0.2, -0.15) is 15.0 Å². The fourth-order valence-corrected chi connectivity index (χ4v) is 23.2. The van der Waals surface area contributed by atoms with E-state index >= 15 is 4.39 Å². The minimum absolute atomic E-state index is 0.0324. The van der Waals surface area contributed by atoms with Gasteiger partial charge in [-0.25, -0.2) is 8.78 Å². The van der Waals surface area contributed by atoms with Crippen molar-refractivity contribution in [3.8, 4) is 35.0 Å². The molecule has 2 saturated heterocycles. The van der Waals surface area contributed by atoms with Gasteiger partial charge in [0.15, 0.2) is 11.5 Å². The number of benzene rings is 4. The van der Waals surface area contributed by atoms with E-state index in [1.54, 1.807) is 0 Å². The number of aromatic nitrogens is 4. The molecule has 2 atom stereocenters. The Kier molecular flexibility index (Phi) is 14.5. The fourth-order valence-electron chi connectivity index (χ4n) is 13.6. The van der Waals surface area contributed by atoms with E-state index in [0.717, 1.165) is 79.2 Å². The average molecular weight is 1050 g/mol. The summed E-state index contributed by atoms with van der Waals surface area (Å²) in [4.78, 5) is 20.1. The lowest BCUT2D eigenvalue weighted by Gasteiger charge is -2.47. The fraction of sp³-hybridized carbons (Fsp3) is 0.525. The van der Waals surface area contributed by atoms with E-state index in [1.165, 1.54) is 6.07 Å². The minimum atomic E-state index is -3.16. The first-order chi connectivity index (χ1) is 35.8. The van der Waals surface area contributed by atoms with Gasteiger partial charge >= 0.3 is 20.3 Å². The number of fused-ring (bicyclic) bond motifs is 3. The van der Waals surface area contributed by atoms with Crippen LogP contribution in [-0.2, 0) is 0 Å². The van der Waals surface area contributed by atoms with Gasteiger partial charge in [-0.1, -0.05) is 135 Å². The van der Waals surface area contributed by atoms with E-state index in [9.17, 15) is 4.39 Å². The van der Waals surface area contributed by atoms with Gasteiger partial charge in [0, 0.05) is 42.5 Å². The van der Waals surface area contributed by atoms with Gasteiger partial charge in [0.25, 0.3) is 0 Å². The van der Waals surface area contributed by atoms with Crippen LogP contribution in [-0.4, -0.2) is 103 Å². The summed E-state index contributed by atoms with van der Waals surface area (Å²) in [5, 5.41) is 7.04. The molecule has 14 heteroatoms. The van der Waals surface area contributed by atoms with Gasteiger partial charge in [-0.3, -0.25) is 9.47 Å². The number of rotatable bonds is 17. The average Bonchev–Trinajstić information content (AvgIpc) is 4.00. The van der Waals surface area contributed by atoms with Crippen LogP contribution in [0.5, 0.6) is 23.5 Å². The third-order valence-electron chi connectivity index (χ3n) is 18.1. The maximum Gasteiger partial charge on any atom is 0.320 e. The van der Waals surface area contributed by atoms with E-state index < -0.39 is 28.4 Å². The van der Waals surface area contributed by atoms with Gasteiger partial charge in [0.1, 0.15) is 43.7 Å². The zero-order valence-corrected chi connectivity index (χ0v) is 48.3. The highest BCUT2D eigenvalue weighted by Gasteiger charge is 2.53. The van der Waals surface area contributed by atoms with E-state index in [2.05, 4.69) is 156 Å². The summed E-state index contributed by atoms with van der Waals surface area (Å²) in [5.41, 5.74) is 5.94. The summed E-state index contributed by atoms with van der Waals surface area (Å²) < 4.78 is 55.9. The van der Waals surface area contributed by atoms with Crippen LogP contribution >= 0.6 is 0 Å². The largest absolute Gasteiger partial charge is 0.534 e. The molecule has 75 heavy (non-hydrogen) atoms. The van der Waals surface area contributed by atoms with Crippen molar-refractivity contribution in [1.29, 1.82) is 0 Å². The molecule has 2 aromatic heterocycles. The molecule has 0 amide bonds. The summed E-state index contributed by atoms with van der Waals surface area (Å²) in [6, 6.07) is 29.1. The molecule has 2 aliphatic carbocycles. The molecule has 2 aliphatic heterocycles. The number of anilines is 1. The van der Waals surface area contributed by atoms with Gasteiger partial charge in [-0.15, -0.1) is 5.54 Å². The number of imidazole rings is 1. The predicted octanol–water partition coefficient (Wildman–Crippen LogP) is 13.0. The second kappa shape index (κ2) is 20.6. The van der Waals surface area contributed by atoms with Crippen molar-refractivity contribution in [2.75, 3.05) is 45.7 Å². The Balaban J connectivity index is 1.18. The molecular weight excluding hydrogens is 973 g/mol. The van der Waals surface area contributed by atoms with Crippen molar-refractivity contribution in [2.24, 2.45) is 0 Å². The Bertz CT molecular complexity index is 3030. The number of likely N-dealkylation sites (N-methyl/N-ethyl adjacent to an activating group) is 1. The topological polar surface area (TPSA) is 89.8 Å². The number of nitrogens with one attached hydrogen (secondary N) is 1. The van der Waals surface area contributed by atoms with Crippen molar-refractivity contribution >= 4 is 54.5 Å². The van der Waals surface area contributed by atoms with Crippen molar-refractivity contribution < 1.29 is 22.7 Å². The van der Waals surface area contributed by atoms with Gasteiger partial charge < -0.3 is 24.1 Å². The van der Waals surface area contributed by atoms with E-state index in [4.69, 9.17) is 28.9 Å². The van der Waals surface area contributed by atoms with Crippen LogP contribution in [0.4, 0.5) is 14.6 Å². The van der Waals surface area contributed by atoms with E-state index in [0.29, 0.717) is 82.7 Å². The Morgan fingerprint density at radius 2 is 1.51 bits per heavy atom. The van der Waals surface area contributed by atoms with Gasteiger partial charge in [-0.05, 0) is 122 Å². The zero-order valence-electron chi connectivity index (χ0n) is 46.3. The van der Waals surface area contributed by atoms with Gasteiger partial charge in [0.05, 0.1) is 11.1 Å². The van der Waals surface area contributed by atoms with Crippen molar-refractivity contribution in [3.05, 3.63) is 96.3 Å². The normalized spacial score (nSPS) is 20.1. The molecule has 4 heterocycles. The highest BCUT2D eigenvalue weighted by Crippen LogP contribution is 2.47. The van der Waals surface area contributed by atoms with Gasteiger partial charge in [0.2, 0.25) is 0 Å². The number of alkyl halides is 1. The maximum absolute atomic E-state index is 17.0. The lowest BCUT2D eigenvalue weighted by atomic mass is 9.75. The minimum Gasteiger partial charge on any atom is -0.534 e. The molecule has 1 N–H and O–H groups in total. The first-order valence-corrected chi connectivity index (χ1v) is 32.0. The third kappa shape index (κ3) is 9.45. The van der Waals surface area contributed by atoms with Crippen LogP contribution in [0, 0.1) is 17.3 Å². The molecule has 0 radical (unpaired) electrons. The van der Waals surface area contributed by atoms with Crippen LogP contribution in [0.1, 0.15) is 132 Å². The summed E-state index contributed by atoms with van der Waals surface area (Å²) >= 11 is 0. The predicted molar refractivity (Wildman–Crippen MR) is 306 cm³/mol. The molecular formula is C61H79F2N7O3Si2. The van der Waals surface area contributed by atoms with Crippen molar-refractivity contribution in [3.63, 3.8) is 0 Å². The molecule has 6 aromatic rings. The van der Waals surface area contributed by atoms with E-state index in [1.807, 2.05) is 30.3 Å². The van der Waals surface area contributed by atoms with Crippen LogP contribution in [0.3, 0.4) is 0 Å². The second-order valence-corrected chi connectivity index (χ2v) is 34.3. The molecule has 398 valence electrons. The van der Waals surface area contributed by atoms with Crippen LogP contribution in [0.25, 0.3) is 21.9 Å². The zero-order chi connectivity index (χ0) is 53.1. The summed E-state index contributed by atoms with van der Waals surface area (Å²) in [6.45, 7) is 22.7. The summed E-state index contributed by atoms with van der Waals surface area (Å²) in [7, 11) is -1.19. The number of hydrogen-bond donors (Lipinski definition) is 1. The molecule has 10 rings (SSSR count). The lowest BCUT2D eigenvalue weighted by Crippen LogP contribution is -2.68. The van der Waals surface area contributed by atoms with E-state index in [-0.39, 0.29) is 28.2 Å². The Hall–Kier alpha value is -5.34. The quantitative estimate of drug-likeness (QED) is 0.0708. The number of hydrogen-bond acceptors (Lipinski definition) is 9. The summed E-state index contributed by atoms with van der Waals surface area (Å²) in [6.07, 6.45) is 7.62. The first-order valence-electron chi connectivity index (χ1n) is 27.8. The molecule has 4 fully saturated rings. The molecule has 0 unspecified atom stereocenters. The Morgan fingerprint density at radius 1 is 0.840 bits per heavy atom. The molecule has 2 saturated carbocycles. The van der Waals surface area contributed by atoms with Crippen molar-refractivity contribution in [1.82, 2.24) is 29.3 Å². The molecule has 0 spiro atoms.